The van der Waals surface area contributed by atoms with Crippen molar-refractivity contribution in [3.63, 3.8) is 0 Å². The number of benzene rings is 1. The van der Waals surface area contributed by atoms with E-state index in [2.05, 4.69) is 9.44 Å². The zero-order chi connectivity index (χ0) is 10.6. The molecule has 4 N–H and O–H groups in total. The summed E-state index contributed by atoms with van der Waals surface area (Å²) in [6.45, 7) is 0.444. The molecule has 0 saturated heterocycles. The van der Waals surface area contributed by atoms with E-state index in [0.717, 1.165) is 5.56 Å². The van der Waals surface area contributed by atoms with E-state index < -0.39 is 10.2 Å². The molecule has 1 aromatic rings. The third-order valence-corrected chi connectivity index (χ3v) is 2.75. The molecule has 78 valence electrons. The van der Waals surface area contributed by atoms with Crippen LogP contribution in [0.3, 0.4) is 0 Å². The number of anilines is 1. The largest absolute Gasteiger partial charge is 0.326 e. The SMILES string of the molecule is CNS(=O)(=O)Nc1ccc(CN)cc1. The van der Waals surface area contributed by atoms with E-state index in [1.54, 1.807) is 24.3 Å². The normalized spacial score (nSPS) is 11.3. The molecule has 0 aliphatic carbocycles. The quantitative estimate of drug-likeness (QED) is 0.662. The van der Waals surface area contributed by atoms with Gasteiger partial charge in [0.1, 0.15) is 0 Å². The third-order valence-electron chi connectivity index (χ3n) is 1.71. The summed E-state index contributed by atoms with van der Waals surface area (Å²) in [5.74, 6) is 0. The van der Waals surface area contributed by atoms with Gasteiger partial charge in [-0.2, -0.15) is 8.42 Å². The molecule has 0 fully saturated rings. The van der Waals surface area contributed by atoms with Crippen LogP contribution in [0.4, 0.5) is 5.69 Å². The maximum atomic E-state index is 11.1. The Kier molecular flexibility index (Phi) is 3.45. The fourth-order valence-electron chi connectivity index (χ4n) is 0.915. The van der Waals surface area contributed by atoms with Crippen molar-refractivity contribution in [2.24, 2.45) is 5.73 Å². The van der Waals surface area contributed by atoms with Crippen LogP contribution < -0.4 is 15.2 Å². The van der Waals surface area contributed by atoms with Gasteiger partial charge in [-0.3, -0.25) is 4.72 Å². The molecule has 0 radical (unpaired) electrons. The monoisotopic (exact) mass is 215 g/mol. The first-order chi connectivity index (χ1) is 6.57. The molecule has 0 heterocycles. The number of hydrogen-bond acceptors (Lipinski definition) is 3. The first-order valence-electron chi connectivity index (χ1n) is 4.07. The van der Waals surface area contributed by atoms with Crippen molar-refractivity contribution < 1.29 is 8.42 Å². The van der Waals surface area contributed by atoms with E-state index >= 15 is 0 Å². The summed E-state index contributed by atoms with van der Waals surface area (Å²) in [5, 5.41) is 0. The summed E-state index contributed by atoms with van der Waals surface area (Å²) < 4.78 is 26.6. The molecule has 0 aliphatic heterocycles. The Labute approximate surface area is 83.5 Å². The van der Waals surface area contributed by atoms with Gasteiger partial charge in [0.15, 0.2) is 0 Å². The second-order valence-corrected chi connectivity index (χ2v) is 4.33. The Morgan fingerprint density at radius 2 is 1.86 bits per heavy atom. The summed E-state index contributed by atoms with van der Waals surface area (Å²) in [7, 11) is -2.08. The van der Waals surface area contributed by atoms with Gasteiger partial charge in [-0.15, -0.1) is 0 Å². The van der Waals surface area contributed by atoms with Gasteiger partial charge in [0.25, 0.3) is 10.2 Å². The molecule has 6 heteroatoms. The predicted molar refractivity (Wildman–Crippen MR) is 55.9 cm³/mol. The number of hydrogen-bond donors (Lipinski definition) is 3. The number of nitrogens with two attached hydrogens (primary N) is 1. The van der Waals surface area contributed by atoms with E-state index in [0.29, 0.717) is 12.2 Å². The van der Waals surface area contributed by atoms with Gasteiger partial charge in [0, 0.05) is 19.3 Å². The van der Waals surface area contributed by atoms with Crippen LogP contribution >= 0.6 is 0 Å². The van der Waals surface area contributed by atoms with Crippen molar-refractivity contribution in [3.8, 4) is 0 Å². The highest BCUT2D eigenvalue weighted by atomic mass is 32.2. The molecule has 0 spiro atoms. The van der Waals surface area contributed by atoms with Crippen molar-refractivity contribution in [1.29, 1.82) is 0 Å². The van der Waals surface area contributed by atoms with Gasteiger partial charge >= 0.3 is 0 Å². The third kappa shape index (κ3) is 2.99. The van der Waals surface area contributed by atoms with Crippen molar-refractivity contribution in [2.45, 2.75) is 6.54 Å². The molecule has 0 bridgehead atoms. The van der Waals surface area contributed by atoms with Crippen LogP contribution in [0, 0.1) is 0 Å². The Morgan fingerprint density at radius 3 is 2.29 bits per heavy atom. The number of nitrogens with one attached hydrogen (secondary N) is 2. The van der Waals surface area contributed by atoms with Gasteiger partial charge in [-0.1, -0.05) is 12.1 Å². The van der Waals surface area contributed by atoms with Crippen molar-refractivity contribution >= 4 is 15.9 Å². The van der Waals surface area contributed by atoms with Crippen LogP contribution in [0.5, 0.6) is 0 Å². The fourth-order valence-corrected chi connectivity index (χ4v) is 1.46. The van der Waals surface area contributed by atoms with E-state index in [1.807, 2.05) is 0 Å². The van der Waals surface area contributed by atoms with E-state index in [-0.39, 0.29) is 0 Å². The lowest BCUT2D eigenvalue weighted by molar-refractivity contribution is 0.593. The molecule has 0 aliphatic rings. The summed E-state index contributed by atoms with van der Waals surface area (Å²) in [6, 6.07) is 6.87. The minimum atomic E-state index is -3.42. The van der Waals surface area contributed by atoms with Crippen LogP contribution in [-0.2, 0) is 16.8 Å². The van der Waals surface area contributed by atoms with Crippen molar-refractivity contribution in [1.82, 2.24) is 4.72 Å². The molecular weight excluding hydrogens is 202 g/mol. The van der Waals surface area contributed by atoms with Crippen LogP contribution in [0.15, 0.2) is 24.3 Å². The zero-order valence-electron chi connectivity index (χ0n) is 7.82. The van der Waals surface area contributed by atoms with Gasteiger partial charge < -0.3 is 5.73 Å². The lowest BCUT2D eigenvalue weighted by Gasteiger charge is -2.06. The Morgan fingerprint density at radius 1 is 1.29 bits per heavy atom. The van der Waals surface area contributed by atoms with E-state index in [1.165, 1.54) is 7.05 Å². The minimum Gasteiger partial charge on any atom is -0.326 e. The molecule has 1 rings (SSSR count). The molecule has 14 heavy (non-hydrogen) atoms. The topological polar surface area (TPSA) is 84.2 Å². The summed E-state index contributed by atoms with van der Waals surface area (Å²) in [5.41, 5.74) is 6.87. The van der Waals surface area contributed by atoms with Crippen LogP contribution in [0.1, 0.15) is 5.56 Å². The van der Waals surface area contributed by atoms with E-state index in [4.69, 9.17) is 5.73 Å². The standard InChI is InChI=1S/C8H13N3O2S/c1-10-14(12,13)11-8-4-2-7(6-9)3-5-8/h2-5,10-11H,6,9H2,1H3. The maximum absolute atomic E-state index is 11.1. The van der Waals surface area contributed by atoms with E-state index in [9.17, 15) is 8.42 Å². The summed E-state index contributed by atoms with van der Waals surface area (Å²) in [6.07, 6.45) is 0. The molecule has 0 atom stereocenters. The first kappa shape index (κ1) is 11.0. The smallest absolute Gasteiger partial charge is 0.298 e. The van der Waals surface area contributed by atoms with Crippen molar-refractivity contribution in [3.05, 3.63) is 29.8 Å². The molecule has 0 unspecified atom stereocenters. The predicted octanol–water partition coefficient (Wildman–Crippen LogP) is 0.0214. The second kappa shape index (κ2) is 4.41. The highest BCUT2D eigenvalue weighted by molar-refractivity contribution is 7.90. The Balaban J connectivity index is 2.79. The minimum absolute atomic E-state index is 0.444. The average Bonchev–Trinajstić information content (AvgIpc) is 2.19. The molecule has 0 amide bonds. The average molecular weight is 215 g/mol. The second-order valence-electron chi connectivity index (χ2n) is 2.71. The van der Waals surface area contributed by atoms with Crippen molar-refractivity contribution in [2.75, 3.05) is 11.8 Å². The van der Waals surface area contributed by atoms with Crippen LogP contribution in [-0.4, -0.2) is 15.5 Å². The van der Waals surface area contributed by atoms with Crippen LogP contribution in [0.25, 0.3) is 0 Å². The van der Waals surface area contributed by atoms with Gasteiger partial charge in [-0.25, -0.2) is 4.72 Å². The first-order valence-corrected chi connectivity index (χ1v) is 5.56. The fraction of sp³-hybridized carbons (Fsp3) is 0.250. The lowest BCUT2D eigenvalue weighted by Crippen LogP contribution is -2.26. The molecule has 1 aromatic carbocycles. The highest BCUT2D eigenvalue weighted by Gasteiger charge is 2.04. The summed E-state index contributed by atoms with van der Waals surface area (Å²) >= 11 is 0. The maximum Gasteiger partial charge on any atom is 0.298 e. The number of rotatable bonds is 4. The van der Waals surface area contributed by atoms with Gasteiger partial charge in [-0.05, 0) is 17.7 Å². The Bertz CT molecular complexity index is 386. The molecule has 5 nitrogen and oxygen atoms in total. The summed E-state index contributed by atoms with van der Waals surface area (Å²) in [4.78, 5) is 0. The molecular formula is C8H13N3O2S. The highest BCUT2D eigenvalue weighted by Crippen LogP contribution is 2.09. The lowest BCUT2D eigenvalue weighted by atomic mass is 10.2. The zero-order valence-corrected chi connectivity index (χ0v) is 8.64. The Hall–Kier alpha value is -1.11. The molecule has 0 saturated carbocycles. The van der Waals surface area contributed by atoms with Gasteiger partial charge in [0.2, 0.25) is 0 Å². The van der Waals surface area contributed by atoms with Gasteiger partial charge in [0.05, 0.1) is 0 Å². The van der Waals surface area contributed by atoms with Crippen LogP contribution in [0.2, 0.25) is 0 Å². The molecule has 0 aromatic heterocycles.